The molecule has 2 aromatic carbocycles. The lowest BCUT2D eigenvalue weighted by atomic mass is 9.96. The Morgan fingerprint density at radius 1 is 1.25 bits per heavy atom. The molecule has 2 aliphatic rings. The number of thiocarbonyl (C=S) groups is 1. The number of hydroxylamine groups is 2. The van der Waals surface area contributed by atoms with Crippen molar-refractivity contribution in [3.8, 4) is 5.75 Å². The highest BCUT2D eigenvalue weighted by Gasteiger charge is 2.50. The molecule has 2 aromatic rings. The fraction of sp³-hybridized carbons (Fsp3) is 0.435. The smallest absolute Gasteiger partial charge is 0.343 e. The van der Waals surface area contributed by atoms with E-state index in [-0.39, 0.29) is 11.8 Å². The molecule has 1 heterocycles. The SMILES string of the molecule is CC1(C)SC(=S)N(/N=C\c2c(O)ccc3ccccc23)[C@@H]1N(O)C(=O)NC1CCCCC1. The zero-order chi connectivity index (χ0) is 22.9. The largest absolute Gasteiger partial charge is 0.507 e. The maximum absolute atomic E-state index is 12.8. The van der Waals surface area contributed by atoms with Crippen LogP contribution < -0.4 is 5.32 Å². The van der Waals surface area contributed by atoms with Gasteiger partial charge in [-0.3, -0.25) is 5.21 Å². The quantitative estimate of drug-likeness (QED) is 0.250. The average molecular weight is 473 g/mol. The number of hydrogen-bond donors (Lipinski definition) is 3. The van der Waals surface area contributed by atoms with E-state index in [1.54, 1.807) is 6.07 Å². The summed E-state index contributed by atoms with van der Waals surface area (Å²) in [5.41, 5.74) is 0.551. The fourth-order valence-corrected chi connectivity index (χ4v) is 6.15. The summed E-state index contributed by atoms with van der Waals surface area (Å²) in [7, 11) is 0. The van der Waals surface area contributed by atoms with Gasteiger partial charge in [-0.1, -0.05) is 73.6 Å². The predicted octanol–water partition coefficient (Wildman–Crippen LogP) is 5.05. The molecule has 1 atom stereocenters. The third-order valence-electron chi connectivity index (χ3n) is 6.02. The summed E-state index contributed by atoms with van der Waals surface area (Å²) in [5.74, 6) is 0.0944. The third kappa shape index (κ3) is 4.55. The molecule has 9 heteroatoms. The first-order valence-corrected chi connectivity index (χ1v) is 12.1. The van der Waals surface area contributed by atoms with E-state index in [1.165, 1.54) is 29.4 Å². The zero-order valence-corrected chi connectivity index (χ0v) is 19.8. The molecule has 1 saturated heterocycles. The molecule has 0 radical (unpaired) electrons. The lowest BCUT2D eigenvalue weighted by molar-refractivity contribution is -0.119. The number of phenols is 1. The van der Waals surface area contributed by atoms with E-state index < -0.39 is 16.9 Å². The van der Waals surface area contributed by atoms with Crippen LogP contribution in [0.3, 0.4) is 0 Å². The number of carbonyl (C=O) groups excluding carboxylic acids is 1. The van der Waals surface area contributed by atoms with Gasteiger partial charge in [0.15, 0.2) is 10.5 Å². The number of thioether (sulfide) groups is 1. The summed E-state index contributed by atoms with van der Waals surface area (Å²) in [6.45, 7) is 3.83. The number of benzene rings is 2. The monoisotopic (exact) mass is 472 g/mol. The number of nitrogens with zero attached hydrogens (tertiary/aromatic N) is 3. The molecular formula is C23H28N4O3S2. The van der Waals surface area contributed by atoms with Gasteiger partial charge in [0.05, 0.1) is 11.0 Å². The van der Waals surface area contributed by atoms with Crippen molar-refractivity contribution in [3.05, 3.63) is 42.0 Å². The van der Waals surface area contributed by atoms with Crippen LogP contribution in [0.2, 0.25) is 0 Å². The zero-order valence-electron chi connectivity index (χ0n) is 18.2. The van der Waals surface area contributed by atoms with Crippen molar-refractivity contribution in [1.29, 1.82) is 0 Å². The van der Waals surface area contributed by atoms with E-state index in [2.05, 4.69) is 10.4 Å². The number of fused-ring (bicyclic) bond motifs is 1. The molecule has 2 amide bonds. The Morgan fingerprint density at radius 3 is 2.72 bits per heavy atom. The molecule has 3 N–H and O–H groups in total. The molecule has 0 spiro atoms. The number of urea groups is 1. The highest BCUT2D eigenvalue weighted by Crippen LogP contribution is 2.42. The van der Waals surface area contributed by atoms with Crippen LogP contribution in [0, 0.1) is 0 Å². The third-order valence-corrected chi connectivity index (χ3v) is 7.56. The van der Waals surface area contributed by atoms with Crippen LogP contribution in [-0.2, 0) is 0 Å². The Labute approximate surface area is 197 Å². The number of amides is 2. The molecule has 4 rings (SSSR count). The van der Waals surface area contributed by atoms with Gasteiger partial charge in [0.25, 0.3) is 0 Å². The van der Waals surface area contributed by atoms with E-state index >= 15 is 0 Å². The molecule has 7 nitrogen and oxygen atoms in total. The highest BCUT2D eigenvalue weighted by atomic mass is 32.2. The minimum absolute atomic E-state index is 0.0691. The van der Waals surface area contributed by atoms with Crippen molar-refractivity contribution in [3.63, 3.8) is 0 Å². The number of hydrazone groups is 1. The number of carbonyl (C=O) groups is 1. The molecule has 1 aliphatic heterocycles. The van der Waals surface area contributed by atoms with Crippen molar-refractivity contribution in [2.24, 2.45) is 5.10 Å². The first kappa shape index (κ1) is 22.8. The van der Waals surface area contributed by atoms with Crippen LogP contribution >= 0.6 is 24.0 Å². The normalized spacial score (nSPS) is 21.4. The average Bonchev–Trinajstić information content (AvgIpc) is 3.00. The van der Waals surface area contributed by atoms with Gasteiger partial charge in [0.2, 0.25) is 0 Å². The fourth-order valence-electron chi connectivity index (χ4n) is 4.37. The number of nitrogens with one attached hydrogen (secondary N) is 1. The first-order valence-electron chi connectivity index (χ1n) is 10.8. The second-order valence-corrected chi connectivity index (χ2v) is 11.1. The lowest BCUT2D eigenvalue weighted by Crippen LogP contribution is -2.57. The molecule has 0 unspecified atom stereocenters. The molecule has 170 valence electrons. The van der Waals surface area contributed by atoms with Crippen molar-refractivity contribution >= 4 is 51.3 Å². The molecule has 32 heavy (non-hydrogen) atoms. The first-order chi connectivity index (χ1) is 15.3. The van der Waals surface area contributed by atoms with Gasteiger partial charge in [-0.25, -0.2) is 9.80 Å². The van der Waals surface area contributed by atoms with E-state index in [4.69, 9.17) is 12.2 Å². The van der Waals surface area contributed by atoms with Crippen LogP contribution in [0.25, 0.3) is 10.8 Å². The number of hydrogen-bond acceptors (Lipinski definition) is 6. The molecule has 1 saturated carbocycles. The highest BCUT2D eigenvalue weighted by molar-refractivity contribution is 8.24. The van der Waals surface area contributed by atoms with Gasteiger partial charge >= 0.3 is 6.03 Å². The maximum atomic E-state index is 12.8. The van der Waals surface area contributed by atoms with Crippen LogP contribution in [0.4, 0.5) is 4.79 Å². The second-order valence-electron chi connectivity index (χ2n) is 8.78. The van der Waals surface area contributed by atoms with Crippen molar-refractivity contribution in [1.82, 2.24) is 15.4 Å². The summed E-state index contributed by atoms with van der Waals surface area (Å²) in [6, 6.07) is 10.7. The van der Waals surface area contributed by atoms with E-state index in [1.807, 2.05) is 44.2 Å². The van der Waals surface area contributed by atoms with E-state index in [0.29, 0.717) is 14.9 Å². The molecule has 2 fully saturated rings. The topological polar surface area (TPSA) is 88.4 Å². The number of phenolic OH excluding ortho intramolecular Hbond substituents is 1. The maximum Gasteiger partial charge on any atom is 0.343 e. The van der Waals surface area contributed by atoms with Gasteiger partial charge < -0.3 is 10.4 Å². The number of aromatic hydroxyl groups is 1. The number of rotatable bonds is 4. The van der Waals surface area contributed by atoms with Crippen molar-refractivity contribution in [2.75, 3.05) is 0 Å². The Hall–Kier alpha value is -2.36. The summed E-state index contributed by atoms with van der Waals surface area (Å²) < 4.78 is -0.145. The van der Waals surface area contributed by atoms with Gasteiger partial charge in [-0.15, -0.1) is 0 Å². The minimum Gasteiger partial charge on any atom is -0.507 e. The second kappa shape index (κ2) is 9.25. The van der Waals surface area contributed by atoms with Gasteiger partial charge in [0.1, 0.15) is 5.75 Å². The van der Waals surface area contributed by atoms with Crippen LogP contribution in [0.1, 0.15) is 51.5 Å². The Kier molecular flexibility index (Phi) is 6.60. The van der Waals surface area contributed by atoms with Crippen LogP contribution in [0.15, 0.2) is 41.5 Å². The standard InChI is InChI=1S/C23H28N4O3S2/c1-23(2)20(27(30)21(29)25-16-9-4-3-5-10-16)26(22(31)32-23)24-14-18-17-11-7-6-8-15(17)12-13-19(18)28/h6-8,11-14,16,20,28,30H,3-5,9-10H2,1-2H3,(H,25,29)/b24-14-/t20-/m1/s1. The Balaban J connectivity index is 1.60. The summed E-state index contributed by atoms with van der Waals surface area (Å²) in [5, 5.41) is 32.8. The molecule has 0 aromatic heterocycles. The van der Waals surface area contributed by atoms with E-state index in [9.17, 15) is 15.1 Å². The molecule has 1 aliphatic carbocycles. The molecule has 0 bridgehead atoms. The molecular weight excluding hydrogens is 444 g/mol. The Morgan fingerprint density at radius 2 is 1.97 bits per heavy atom. The van der Waals surface area contributed by atoms with Gasteiger partial charge in [-0.2, -0.15) is 10.2 Å². The van der Waals surface area contributed by atoms with Crippen molar-refractivity contribution in [2.45, 2.75) is 62.9 Å². The minimum atomic E-state index is -0.794. The van der Waals surface area contributed by atoms with Gasteiger partial charge in [0, 0.05) is 11.6 Å². The van der Waals surface area contributed by atoms with Crippen LogP contribution in [0.5, 0.6) is 5.75 Å². The summed E-state index contributed by atoms with van der Waals surface area (Å²) in [6.07, 6.45) is 5.92. The van der Waals surface area contributed by atoms with Crippen LogP contribution in [-0.4, -0.2) is 53.9 Å². The summed E-state index contributed by atoms with van der Waals surface area (Å²) in [4.78, 5) is 12.8. The van der Waals surface area contributed by atoms with Crippen molar-refractivity contribution < 1.29 is 15.1 Å². The lowest BCUT2D eigenvalue weighted by Gasteiger charge is -2.35. The van der Waals surface area contributed by atoms with E-state index in [0.717, 1.165) is 36.5 Å². The predicted molar refractivity (Wildman–Crippen MR) is 132 cm³/mol. The Bertz CT molecular complexity index is 1050. The summed E-state index contributed by atoms with van der Waals surface area (Å²) >= 11 is 6.89. The van der Waals surface area contributed by atoms with Gasteiger partial charge in [-0.05, 0) is 43.5 Å².